The molecular weight excluding hydrogens is 394 g/mol. The standard InChI is InChI=1S/C24H29N3O4/c25-22(28)20(14-7-13-18-9-3-1-4-10-18)26-23(29)21-15-8-16-27(21)24(30)31-17-19-11-5-2-6-12-19/h1-6,9-12,20-21H,7-8,13-17H2,(H2,25,28)(H,26,29)/t20-,21-/m1/s1. The number of ether oxygens (including phenoxy) is 1. The Balaban J connectivity index is 1.51. The SMILES string of the molecule is NC(=O)[C@@H](CCCc1ccccc1)NC(=O)[C@H]1CCCN1C(=O)OCc1ccccc1. The summed E-state index contributed by atoms with van der Waals surface area (Å²) in [5.41, 5.74) is 7.56. The summed E-state index contributed by atoms with van der Waals surface area (Å²) >= 11 is 0. The van der Waals surface area contributed by atoms with Crippen molar-refractivity contribution in [3.05, 3.63) is 71.8 Å². The third-order valence-electron chi connectivity index (χ3n) is 5.46. The summed E-state index contributed by atoms with van der Waals surface area (Å²) in [7, 11) is 0. The van der Waals surface area contributed by atoms with Gasteiger partial charge in [-0.3, -0.25) is 14.5 Å². The van der Waals surface area contributed by atoms with Crippen molar-refractivity contribution in [3.63, 3.8) is 0 Å². The Morgan fingerprint density at radius 3 is 2.32 bits per heavy atom. The number of amides is 3. The van der Waals surface area contributed by atoms with Crippen LogP contribution in [0.2, 0.25) is 0 Å². The predicted octanol–water partition coefficient (Wildman–Crippen LogP) is 2.78. The molecule has 3 N–H and O–H groups in total. The normalized spacial score (nSPS) is 16.5. The second-order valence-corrected chi connectivity index (χ2v) is 7.73. The molecule has 2 atom stereocenters. The number of likely N-dealkylation sites (tertiary alicyclic amines) is 1. The van der Waals surface area contributed by atoms with E-state index in [9.17, 15) is 14.4 Å². The molecule has 1 heterocycles. The molecule has 1 saturated heterocycles. The number of aryl methyl sites for hydroxylation is 1. The fourth-order valence-corrected chi connectivity index (χ4v) is 3.77. The van der Waals surface area contributed by atoms with Gasteiger partial charge in [0.1, 0.15) is 18.7 Å². The van der Waals surface area contributed by atoms with Gasteiger partial charge in [-0.2, -0.15) is 0 Å². The fourth-order valence-electron chi connectivity index (χ4n) is 3.77. The Kier molecular flexibility index (Phi) is 8.04. The molecule has 0 aromatic heterocycles. The van der Waals surface area contributed by atoms with Crippen molar-refractivity contribution in [2.45, 2.75) is 50.8 Å². The van der Waals surface area contributed by atoms with Crippen molar-refractivity contribution in [3.8, 4) is 0 Å². The highest BCUT2D eigenvalue weighted by Crippen LogP contribution is 2.19. The lowest BCUT2D eigenvalue weighted by Gasteiger charge is -2.25. The van der Waals surface area contributed by atoms with Gasteiger partial charge in [-0.1, -0.05) is 60.7 Å². The lowest BCUT2D eigenvalue weighted by Crippen LogP contribution is -2.52. The number of carbonyl (C=O) groups excluding carboxylic acids is 3. The van der Waals surface area contributed by atoms with Crippen molar-refractivity contribution >= 4 is 17.9 Å². The molecule has 1 aliphatic heterocycles. The van der Waals surface area contributed by atoms with Crippen LogP contribution in [0.25, 0.3) is 0 Å². The smallest absolute Gasteiger partial charge is 0.410 e. The highest BCUT2D eigenvalue weighted by Gasteiger charge is 2.36. The number of nitrogens with zero attached hydrogens (tertiary/aromatic N) is 1. The van der Waals surface area contributed by atoms with Crippen LogP contribution in [-0.4, -0.2) is 41.4 Å². The molecule has 0 unspecified atom stereocenters. The van der Waals surface area contributed by atoms with Crippen LogP contribution in [0.5, 0.6) is 0 Å². The number of nitrogens with two attached hydrogens (primary N) is 1. The molecule has 31 heavy (non-hydrogen) atoms. The van der Waals surface area contributed by atoms with Gasteiger partial charge in [0.15, 0.2) is 0 Å². The molecule has 2 aromatic rings. The molecule has 1 fully saturated rings. The minimum Gasteiger partial charge on any atom is -0.445 e. The maximum absolute atomic E-state index is 12.8. The Morgan fingerprint density at radius 1 is 1.03 bits per heavy atom. The number of carbonyl (C=O) groups is 3. The molecule has 3 rings (SSSR count). The molecule has 7 heteroatoms. The molecule has 2 aromatic carbocycles. The topological polar surface area (TPSA) is 102 Å². The third kappa shape index (κ3) is 6.57. The van der Waals surface area contributed by atoms with E-state index >= 15 is 0 Å². The van der Waals surface area contributed by atoms with E-state index in [1.165, 1.54) is 10.5 Å². The number of primary amides is 1. The van der Waals surface area contributed by atoms with Crippen molar-refractivity contribution < 1.29 is 19.1 Å². The van der Waals surface area contributed by atoms with Gasteiger partial charge in [-0.15, -0.1) is 0 Å². The molecule has 7 nitrogen and oxygen atoms in total. The summed E-state index contributed by atoms with van der Waals surface area (Å²) in [6, 6.07) is 17.9. The molecule has 3 amide bonds. The van der Waals surface area contributed by atoms with Crippen molar-refractivity contribution in [2.75, 3.05) is 6.54 Å². The first-order valence-corrected chi connectivity index (χ1v) is 10.7. The average molecular weight is 424 g/mol. The fraction of sp³-hybridized carbons (Fsp3) is 0.375. The van der Waals surface area contributed by atoms with E-state index in [1.54, 1.807) is 0 Å². The quantitative estimate of drug-likeness (QED) is 0.647. The summed E-state index contributed by atoms with van der Waals surface area (Å²) in [4.78, 5) is 38.6. The minimum atomic E-state index is -0.765. The number of rotatable bonds is 9. The first-order chi connectivity index (χ1) is 15.0. The zero-order valence-electron chi connectivity index (χ0n) is 17.5. The molecule has 0 radical (unpaired) electrons. The third-order valence-corrected chi connectivity index (χ3v) is 5.46. The Labute approximate surface area is 182 Å². The highest BCUT2D eigenvalue weighted by atomic mass is 16.6. The number of hydrogen-bond donors (Lipinski definition) is 2. The summed E-state index contributed by atoms with van der Waals surface area (Å²) < 4.78 is 5.37. The van der Waals surface area contributed by atoms with Gasteiger partial charge in [0.25, 0.3) is 0 Å². The van der Waals surface area contributed by atoms with Crippen LogP contribution in [0, 0.1) is 0 Å². The van der Waals surface area contributed by atoms with Crippen LogP contribution in [-0.2, 0) is 27.4 Å². The number of hydrogen-bond acceptors (Lipinski definition) is 4. The zero-order valence-corrected chi connectivity index (χ0v) is 17.5. The van der Waals surface area contributed by atoms with Crippen molar-refractivity contribution in [1.82, 2.24) is 10.2 Å². The summed E-state index contributed by atoms with van der Waals surface area (Å²) in [5.74, 6) is -0.935. The molecule has 164 valence electrons. The Bertz CT molecular complexity index is 873. The van der Waals surface area contributed by atoms with E-state index in [-0.39, 0.29) is 12.5 Å². The molecule has 1 aliphatic rings. The van der Waals surface area contributed by atoms with Crippen molar-refractivity contribution in [2.24, 2.45) is 5.73 Å². The van der Waals surface area contributed by atoms with E-state index in [0.29, 0.717) is 32.2 Å². The van der Waals surface area contributed by atoms with Crippen LogP contribution >= 0.6 is 0 Å². The molecular formula is C24H29N3O4. The minimum absolute atomic E-state index is 0.147. The van der Waals surface area contributed by atoms with E-state index in [4.69, 9.17) is 10.5 Å². The Morgan fingerprint density at radius 2 is 1.68 bits per heavy atom. The van der Waals surface area contributed by atoms with Gasteiger partial charge in [0.05, 0.1) is 0 Å². The monoisotopic (exact) mass is 423 g/mol. The molecule has 0 saturated carbocycles. The second-order valence-electron chi connectivity index (χ2n) is 7.73. The summed E-state index contributed by atoms with van der Waals surface area (Å²) in [5, 5.41) is 2.74. The zero-order chi connectivity index (χ0) is 22.1. The van der Waals surface area contributed by atoms with Crippen LogP contribution in [0.1, 0.15) is 36.8 Å². The maximum atomic E-state index is 12.8. The molecule has 0 bridgehead atoms. The Hall–Kier alpha value is -3.35. The van der Waals surface area contributed by atoms with Crippen LogP contribution in [0.4, 0.5) is 4.79 Å². The maximum Gasteiger partial charge on any atom is 0.410 e. The first-order valence-electron chi connectivity index (χ1n) is 10.7. The van der Waals surface area contributed by atoms with Crippen molar-refractivity contribution in [1.29, 1.82) is 0 Å². The van der Waals surface area contributed by atoms with Gasteiger partial charge in [0.2, 0.25) is 11.8 Å². The lowest BCUT2D eigenvalue weighted by atomic mass is 10.0. The lowest BCUT2D eigenvalue weighted by molar-refractivity contribution is -0.130. The van der Waals surface area contributed by atoms with E-state index < -0.39 is 24.1 Å². The van der Waals surface area contributed by atoms with Gasteiger partial charge >= 0.3 is 6.09 Å². The predicted molar refractivity (Wildman–Crippen MR) is 117 cm³/mol. The van der Waals surface area contributed by atoms with Gasteiger partial charge in [0, 0.05) is 6.54 Å². The van der Waals surface area contributed by atoms with Gasteiger partial charge in [-0.25, -0.2) is 4.79 Å². The average Bonchev–Trinajstić information content (AvgIpc) is 3.28. The molecule has 0 spiro atoms. The highest BCUT2D eigenvalue weighted by molar-refractivity contribution is 5.91. The second kappa shape index (κ2) is 11.2. The van der Waals surface area contributed by atoms with Crippen LogP contribution < -0.4 is 11.1 Å². The van der Waals surface area contributed by atoms with E-state index in [0.717, 1.165) is 12.0 Å². The molecule has 0 aliphatic carbocycles. The summed E-state index contributed by atoms with van der Waals surface area (Å²) in [6.45, 7) is 0.592. The number of benzene rings is 2. The van der Waals surface area contributed by atoms with Gasteiger partial charge in [-0.05, 0) is 43.2 Å². The summed E-state index contributed by atoms with van der Waals surface area (Å²) in [6.07, 6.45) is 2.66. The van der Waals surface area contributed by atoms with Crippen LogP contribution in [0.15, 0.2) is 60.7 Å². The number of nitrogens with one attached hydrogen (secondary N) is 1. The van der Waals surface area contributed by atoms with Crippen LogP contribution in [0.3, 0.4) is 0 Å². The van der Waals surface area contributed by atoms with Gasteiger partial charge < -0.3 is 15.8 Å². The van der Waals surface area contributed by atoms with E-state index in [1.807, 2.05) is 60.7 Å². The first kappa shape index (κ1) is 22.3. The largest absolute Gasteiger partial charge is 0.445 e. The van der Waals surface area contributed by atoms with E-state index in [2.05, 4.69) is 5.32 Å².